The first-order valence-electron chi connectivity index (χ1n) is 4.36. The highest BCUT2D eigenvalue weighted by molar-refractivity contribution is 5.69. The van der Waals surface area contributed by atoms with Gasteiger partial charge in [-0.2, -0.15) is 0 Å². The van der Waals surface area contributed by atoms with Crippen molar-refractivity contribution in [3.63, 3.8) is 0 Å². The first-order chi connectivity index (χ1) is 7.06. The number of hydrogen-bond donors (Lipinski definition) is 3. The smallest absolute Gasteiger partial charge is 0.305 e. The van der Waals surface area contributed by atoms with Gasteiger partial charge in [-0.1, -0.05) is 6.07 Å². The largest absolute Gasteiger partial charge is 0.504 e. The summed E-state index contributed by atoms with van der Waals surface area (Å²) in [5.41, 5.74) is 0.385. The third-order valence-electron chi connectivity index (χ3n) is 2.04. The number of carbonyl (C=O) groups is 1. The number of rotatable bonds is 3. The number of ether oxygens (including phenoxy) is 1. The Morgan fingerprint density at radius 3 is 2.53 bits per heavy atom. The van der Waals surface area contributed by atoms with E-state index in [9.17, 15) is 15.0 Å². The van der Waals surface area contributed by atoms with Crippen molar-refractivity contribution in [1.29, 1.82) is 0 Å². The number of benzene rings is 1. The molecule has 5 nitrogen and oxygen atoms in total. The molecule has 0 radical (unpaired) electrons. The summed E-state index contributed by atoms with van der Waals surface area (Å²) < 4.78 is 4.43. The first-order valence-corrected chi connectivity index (χ1v) is 4.36. The first kappa shape index (κ1) is 11.2. The lowest BCUT2D eigenvalue weighted by Crippen LogP contribution is -2.01. The summed E-state index contributed by atoms with van der Waals surface area (Å²) in [4.78, 5) is 10.8. The predicted molar refractivity (Wildman–Crippen MR) is 51.8 cm³/mol. The van der Waals surface area contributed by atoms with Gasteiger partial charge in [-0.05, 0) is 18.1 Å². The van der Waals surface area contributed by atoms with Crippen LogP contribution in [0.15, 0.2) is 12.1 Å². The average Bonchev–Trinajstić information content (AvgIpc) is 2.24. The fourth-order valence-corrected chi connectivity index (χ4v) is 1.15. The van der Waals surface area contributed by atoms with Crippen LogP contribution in [-0.2, 0) is 16.0 Å². The van der Waals surface area contributed by atoms with Gasteiger partial charge in [-0.3, -0.25) is 4.79 Å². The maximum Gasteiger partial charge on any atom is 0.305 e. The molecule has 0 fully saturated rings. The van der Waals surface area contributed by atoms with E-state index in [1.807, 2.05) is 0 Å². The molecule has 0 aromatic heterocycles. The van der Waals surface area contributed by atoms with E-state index in [1.165, 1.54) is 19.2 Å². The molecule has 1 aromatic carbocycles. The Hall–Kier alpha value is -1.91. The van der Waals surface area contributed by atoms with Crippen LogP contribution < -0.4 is 0 Å². The molecule has 0 aliphatic carbocycles. The third kappa shape index (κ3) is 2.52. The minimum absolute atomic E-state index is 0.105. The molecule has 0 amide bonds. The highest BCUT2D eigenvalue weighted by Crippen LogP contribution is 2.37. The summed E-state index contributed by atoms with van der Waals surface area (Å²) in [7, 11) is 1.27. The Bertz CT molecular complexity index is 372. The Labute approximate surface area is 86.5 Å². The lowest BCUT2D eigenvalue weighted by atomic mass is 10.1. The molecule has 82 valence electrons. The second-order valence-electron chi connectivity index (χ2n) is 3.02. The molecule has 1 aromatic rings. The quantitative estimate of drug-likeness (QED) is 0.512. The molecule has 5 heteroatoms. The van der Waals surface area contributed by atoms with Gasteiger partial charge in [-0.25, -0.2) is 0 Å². The molecule has 0 aliphatic heterocycles. The van der Waals surface area contributed by atoms with Crippen molar-refractivity contribution >= 4 is 5.97 Å². The minimum atomic E-state index is -0.572. The predicted octanol–water partition coefficient (Wildman–Crippen LogP) is 0.909. The molecule has 0 aliphatic rings. The molecule has 0 unspecified atom stereocenters. The fraction of sp³-hybridized carbons (Fsp3) is 0.300. The summed E-state index contributed by atoms with van der Waals surface area (Å²) in [6.45, 7) is 0. The van der Waals surface area contributed by atoms with E-state index in [1.54, 1.807) is 0 Å². The maximum atomic E-state index is 10.8. The molecule has 0 atom stereocenters. The molecule has 15 heavy (non-hydrogen) atoms. The van der Waals surface area contributed by atoms with Crippen molar-refractivity contribution in [2.45, 2.75) is 12.8 Å². The number of carbonyl (C=O) groups excluding carboxylic acids is 1. The normalized spacial score (nSPS) is 9.93. The van der Waals surface area contributed by atoms with Crippen molar-refractivity contribution in [1.82, 2.24) is 0 Å². The Balaban J connectivity index is 2.78. The zero-order valence-corrected chi connectivity index (χ0v) is 8.23. The molecule has 3 N–H and O–H groups in total. The fourth-order valence-electron chi connectivity index (χ4n) is 1.15. The Morgan fingerprint density at radius 1 is 1.27 bits per heavy atom. The van der Waals surface area contributed by atoms with Crippen molar-refractivity contribution < 1.29 is 24.9 Å². The van der Waals surface area contributed by atoms with Crippen LogP contribution in [0.1, 0.15) is 12.0 Å². The lowest BCUT2D eigenvalue weighted by Gasteiger charge is -2.06. The maximum absolute atomic E-state index is 10.8. The van der Waals surface area contributed by atoms with Crippen LogP contribution in [0.3, 0.4) is 0 Å². The zero-order valence-electron chi connectivity index (χ0n) is 8.23. The molecule has 0 bridgehead atoms. The highest BCUT2D eigenvalue weighted by Gasteiger charge is 2.12. The van der Waals surface area contributed by atoms with Crippen LogP contribution >= 0.6 is 0 Å². The van der Waals surface area contributed by atoms with Gasteiger partial charge in [0.15, 0.2) is 11.5 Å². The molecule has 0 saturated heterocycles. The van der Waals surface area contributed by atoms with E-state index >= 15 is 0 Å². The molecular weight excluding hydrogens is 200 g/mol. The van der Waals surface area contributed by atoms with Gasteiger partial charge in [0.2, 0.25) is 5.75 Å². The standard InChI is InChI=1S/C10H12O5/c1-15-8(12)5-3-6-2-4-7(11)10(14)9(6)13/h2,4,11,13-14H,3,5H2,1H3. The van der Waals surface area contributed by atoms with Crippen molar-refractivity contribution in [2.75, 3.05) is 7.11 Å². The Morgan fingerprint density at radius 2 is 1.93 bits per heavy atom. The van der Waals surface area contributed by atoms with Gasteiger partial charge in [-0.15, -0.1) is 0 Å². The van der Waals surface area contributed by atoms with Crippen LogP contribution in [-0.4, -0.2) is 28.4 Å². The van der Waals surface area contributed by atoms with Gasteiger partial charge in [0, 0.05) is 6.42 Å². The van der Waals surface area contributed by atoms with E-state index in [0.29, 0.717) is 5.56 Å². The monoisotopic (exact) mass is 212 g/mol. The summed E-state index contributed by atoms with van der Waals surface area (Å²) in [6.07, 6.45) is 0.348. The van der Waals surface area contributed by atoms with E-state index < -0.39 is 23.2 Å². The summed E-state index contributed by atoms with van der Waals surface area (Å²) >= 11 is 0. The number of aromatic hydroxyl groups is 3. The minimum Gasteiger partial charge on any atom is -0.504 e. The van der Waals surface area contributed by atoms with Gasteiger partial charge in [0.25, 0.3) is 0 Å². The van der Waals surface area contributed by atoms with E-state index in [2.05, 4.69) is 4.74 Å². The van der Waals surface area contributed by atoms with E-state index in [0.717, 1.165) is 0 Å². The topological polar surface area (TPSA) is 87.0 Å². The van der Waals surface area contributed by atoms with Crippen LogP contribution in [0.25, 0.3) is 0 Å². The average molecular weight is 212 g/mol. The van der Waals surface area contributed by atoms with E-state index in [-0.39, 0.29) is 12.8 Å². The van der Waals surface area contributed by atoms with Crippen molar-refractivity contribution in [3.8, 4) is 17.2 Å². The summed E-state index contributed by atoms with van der Waals surface area (Å²) in [6, 6.07) is 2.69. The van der Waals surface area contributed by atoms with Crippen LogP contribution in [0.2, 0.25) is 0 Å². The molecule has 0 saturated carbocycles. The second-order valence-corrected chi connectivity index (χ2v) is 3.02. The summed E-state index contributed by atoms with van der Waals surface area (Å²) in [5, 5.41) is 27.6. The van der Waals surface area contributed by atoms with Crippen LogP contribution in [0.5, 0.6) is 17.2 Å². The molecule has 0 heterocycles. The van der Waals surface area contributed by atoms with Crippen molar-refractivity contribution in [2.24, 2.45) is 0 Å². The van der Waals surface area contributed by atoms with Gasteiger partial charge in [0.1, 0.15) is 0 Å². The zero-order chi connectivity index (χ0) is 11.4. The summed E-state index contributed by atoms with van der Waals surface area (Å²) in [5.74, 6) is -1.77. The van der Waals surface area contributed by atoms with Crippen LogP contribution in [0, 0.1) is 0 Å². The number of esters is 1. The third-order valence-corrected chi connectivity index (χ3v) is 2.04. The lowest BCUT2D eigenvalue weighted by molar-refractivity contribution is -0.140. The molecular formula is C10H12O5. The number of hydrogen-bond acceptors (Lipinski definition) is 5. The second kappa shape index (κ2) is 4.54. The number of phenolic OH excluding ortho intramolecular Hbond substituents is 3. The SMILES string of the molecule is COC(=O)CCc1ccc(O)c(O)c1O. The van der Waals surface area contributed by atoms with E-state index in [4.69, 9.17) is 5.11 Å². The van der Waals surface area contributed by atoms with Crippen LogP contribution in [0.4, 0.5) is 0 Å². The molecule has 1 rings (SSSR count). The van der Waals surface area contributed by atoms with Gasteiger partial charge < -0.3 is 20.1 Å². The number of methoxy groups -OCH3 is 1. The van der Waals surface area contributed by atoms with Gasteiger partial charge >= 0.3 is 5.97 Å². The van der Waals surface area contributed by atoms with Crippen molar-refractivity contribution in [3.05, 3.63) is 17.7 Å². The number of phenols is 3. The highest BCUT2D eigenvalue weighted by atomic mass is 16.5. The molecule has 0 spiro atoms. The Kier molecular flexibility index (Phi) is 3.38. The van der Waals surface area contributed by atoms with Gasteiger partial charge in [0.05, 0.1) is 7.11 Å². The number of aryl methyl sites for hydroxylation is 1.